The molecule has 134 valence electrons. The Bertz CT molecular complexity index is 746. The maximum absolute atomic E-state index is 12.8. The van der Waals surface area contributed by atoms with E-state index < -0.39 is 11.7 Å². The molecule has 2 aromatic rings. The van der Waals surface area contributed by atoms with Gasteiger partial charge in [-0.15, -0.1) is 5.10 Å². The fraction of sp³-hybridized carbons (Fsp3) is 0.429. The fourth-order valence-corrected chi connectivity index (χ4v) is 3.07. The molecule has 1 aliphatic rings. The summed E-state index contributed by atoms with van der Waals surface area (Å²) in [4.78, 5) is 13.8. The Kier molecular flexibility index (Phi) is 5.23. The van der Waals surface area contributed by atoms with Crippen molar-refractivity contribution in [3.8, 4) is 5.69 Å². The Morgan fingerprint density at radius 1 is 1.28 bits per heavy atom. The smallest absolute Gasteiger partial charge is 0.378 e. The van der Waals surface area contributed by atoms with Gasteiger partial charge in [0.2, 0.25) is 11.1 Å². The van der Waals surface area contributed by atoms with Crippen molar-refractivity contribution in [1.82, 2.24) is 25.1 Å². The summed E-state index contributed by atoms with van der Waals surface area (Å²) in [6, 6.07) is 4.69. The van der Waals surface area contributed by atoms with Crippen LogP contribution in [0.25, 0.3) is 5.69 Å². The highest BCUT2D eigenvalue weighted by atomic mass is 32.2. The van der Waals surface area contributed by atoms with E-state index in [9.17, 15) is 18.0 Å². The highest BCUT2D eigenvalue weighted by Gasteiger charge is 2.30. The van der Waals surface area contributed by atoms with E-state index >= 15 is 0 Å². The van der Waals surface area contributed by atoms with Gasteiger partial charge < -0.3 is 9.64 Å². The minimum absolute atomic E-state index is 0.0908. The second-order valence-electron chi connectivity index (χ2n) is 5.20. The van der Waals surface area contributed by atoms with E-state index in [1.807, 2.05) is 0 Å². The van der Waals surface area contributed by atoms with Crippen molar-refractivity contribution in [3.63, 3.8) is 0 Å². The molecule has 0 unspecified atom stereocenters. The van der Waals surface area contributed by atoms with Gasteiger partial charge in [-0.05, 0) is 28.6 Å². The number of hydrogen-bond acceptors (Lipinski definition) is 6. The Hall–Kier alpha value is -2.14. The van der Waals surface area contributed by atoms with Crippen molar-refractivity contribution in [2.75, 3.05) is 32.1 Å². The van der Waals surface area contributed by atoms with Gasteiger partial charge in [0, 0.05) is 13.1 Å². The number of ether oxygens (including phenoxy) is 1. The molecule has 1 aromatic carbocycles. The number of carbonyl (C=O) groups is 1. The number of alkyl halides is 3. The van der Waals surface area contributed by atoms with Gasteiger partial charge in [0.1, 0.15) is 0 Å². The summed E-state index contributed by atoms with van der Waals surface area (Å²) in [5.74, 6) is 0.00572. The first-order chi connectivity index (χ1) is 11.9. The van der Waals surface area contributed by atoms with Crippen LogP contribution in [0.4, 0.5) is 13.2 Å². The largest absolute Gasteiger partial charge is 0.416 e. The number of rotatable bonds is 4. The van der Waals surface area contributed by atoms with Crippen molar-refractivity contribution in [3.05, 3.63) is 29.8 Å². The van der Waals surface area contributed by atoms with E-state index in [1.165, 1.54) is 16.8 Å². The number of aromatic nitrogens is 4. The minimum Gasteiger partial charge on any atom is -0.378 e. The second-order valence-corrected chi connectivity index (χ2v) is 6.15. The quantitative estimate of drug-likeness (QED) is 0.759. The van der Waals surface area contributed by atoms with Crippen LogP contribution in [0.3, 0.4) is 0 Å². The first-order valence-corrected chi connectivity index (χ1v) is 8.38. The van der Waals surface area contributed by atoms with Gasteiger partial charge in [0.15, 0.2) is 0 Å². The molecule has 0 saturated carbocycles. The van der Waals surface area contributed by atoms with Gasteiger partial charge >= 0.3 is 6.18 Å². The molecule has 2 heterocycles. The number of thioether (sulfide) groups is 1. The number of morpholine rings is 1. The van der Waals surface area contributed by atoms with E-state index in [2.05, 4.69) is 15.5 Å². The van der Waals surface area contributed by atoms with Gasteiger partial charge in [-0.2, -0.15) is 17.9 Å². The lowest BCUT2D eigenvalue weighted by Gasteiger charge is -2.26. The Morgan fingerprint density at radius 3 is 2.76 bits per heavy atom. The fourth-order valence-electron chi connectivity index (χ4n) is 2.28. The van der Waals surface area contributed by atoms with E-state index in [4.69, 9.17) is 4.74 Å². The molecule has 0 spiro atoms. The lowest BCUT2D eigenvalue weighted by atomic mass is 10.2. The standard InChI is InChI=1S/C14H14F3N5O2S/c15-14(16,17)10-2-1-3-11(8-10)22-13(18-19-20-22)25-9-12(23)21-4-6-24-7-5-21/h1-3,8H,4-7,9H2. The molecule has 1 saturated heterocycles. The van der Waals surface area contributed by atoms with Gasteiger partial charge in [-0.1, -0.05) is 17.8 Å². The number of hydrogen-bond donors (Lipinski definition) is 0. The van der Waals surface area contributed by atoms with E-state index in [0.717, 1.165) is 23.9 Å². The molecule has 3 rings (SSSR count). The van der Waals surface area contributed by atoms with Crippen molar-refractivity contribution >= 4 is 17.7 Å². The van der Waals surface area contributed by atoms with Crippen LogP contribution in [0.2, 0.25) is 0 Å². The molecule has 0 radical (unpaired) electrons. The third-order valence-corrected chi connectivity index (χ3v) is 4.45. The summed E-state index contributed by atoms with van der Waals surface area (Å²) >= 11 is 1.08. The number of amides is 1. The third kappa shape index (κ3) is 4.28. The molecular formula is C14H14F3N5O2S. The van der Waals surface area contributed by atoms with Gasteiger partial charge in [-0.3, -0.25) is 4.79 Å². The van der Waals surface area contributed by atoms with Gasteiger partial charge in [0.25, 0.3) is 0 Å². The third-order valence-electron chi connectivity index (χ3n) is 3.55. The number of nitrogens with zero attached hydrogens (tertiary/aromatic N) is 5. The predicted octanol–water partition coefficient (Wildman–Crippen LogP) is 1.63. The van der Waals surface area contributed by atoms with E-state index in [-0.39, 0.29) is 22.5 Å². The second kappa shape index (κ2) is 7.40. The average Bonchev–Trinajstić information content (AvgIpc) is 3.08. The van der Waals surface area contributed by atoms with Crippen LogP contribution in [0, 0.1) is 0 Å². The summed E-state index contributed by atoms with van der Waals surface area (Å²) < 4.78 is 44.9. The van der Waals surface area contributed by atoms with Crippen molar-refractivity contribution < 1.29 is 22.7 Å². The zero-order valence-electron chi connectivity index (χ0n) is 12.9. The average molecular weight is 373 g/mol. The normalized spacial score (nSPS) is 15.4. The Labute approximate surface area is 145 Å². The SMILES string of the molecule is O=C(CSc1nnnn1-c1cccc(C(F)(F)F)c1)N1CCOCC1. The number of benzene rings is 1. The van der Waals surface area contributed by atoms with Crippen molar-refractivity contribution in [1.29, 1.82) is 0 Å². The molecule has 1 amide bonds. The van der Waals surface area contributed by atoms with E-state index in [1.54, 1.807) is 4.90 Å². The lowest BCUT2D eigenvalue weighted by Crippen LogP contribution is -2.41. The minimum atomic E-state index is -4.45. The molecule has 1 aliphatic heterocycles. The summed E-state index contributed by atoms with van der Waals surface area (Å²) in [5.41, 5.74) is -0.609. The van der Waals surface area contributed by atoms with E-state index in [0.29, 0.717) is 26.3 Å². The molecular weight excluding hydrogens is 359 g/mol. The van der Waals surface area contributed by atoms with Gasteiger partial charge in [-0.25, -0.2) is 0 Å². The molecule has 0 atom stereocenters. The van der Waals surface area contributed by atoms with Gasteiger partial charge in [0.05, 0.1) is 30.2 Å². The maximum atomic E-state index is 12.8. The number of halogens is 3. The highest BCUT2D eigenvalue weighted by Crippen LogP contribution is 2.30. The van der Waals surface area contributed by atoms with Crippen LogP contribution in [0.5, 0.6) is 0 Å². The van der Waals surface area contributed by atoms with Crippen molar-refractivity contribution in [2.24, 2.45) is 0 Å². The highest BCUT2D eigenvalue weighted by molar-refractivity contribution is 7.99. The molecule has 11 heteroatoms. The molecule has 0 N–H and O–H groups in total. The summed E-state index contributed by atoms with van der Waals surface area (Å²) in [6.07, 6.45) is -4.45. The Morgan fingerprint density at radius 2 is 2.04 bits per heavy atom. The molecule has 7 nitrogen and oxygen atoms in total. The topological polar surface area (TPSA) is 73.1 Å². The van der Waals surface area contributed by atoms with Crippen LogP contribution in [-0.4, -0.2) is 63.1 Å². The Balaban J connectivity index is 1.71. The van der Waals surface area contributed by atoms with Crippen LogP contribution in [-0.2, 0) is 15.7 Å². The number of tetrazole rings is 1. The monoisotopic (exact) mass is 373 g/mol. The molecule has 0 aliphatic carbocycles. The molecule has 1 fully saturated rings. The zero-order chi connectivity index (χ0) is 17.9. The molecule has 1 aromatic heterocycles. The van der Waals surface area contributed by atoms with Crippen LogP contribution in [0.1, 0.15) is 5.56 Å². The van der Waals surface area contributed by atoms with Crippen LogP contribution in [0.15, 0.2) is 29.4 Å². The number of carbonyl (C=O) groups excluding carboxylic acids is 1. The summed E-state index contributed by atoms with van der Waals surface area (Å²) in [7, 11) is 0. The molecule has 0 bridgehead atoms. The predicted molar refractivity (Wildman–Crippen MR) is 82.3 cm³/mol. The summed E-state index contributed by atoms with van der Waals surface area (Å²) in [5, 5.41) is 11.3. The van der Waals surface area contributed by atoms with Crippen LogP contribution < -0.4 is 0 Å². The van der Waals surface area contributed by atoms with Crippen molar-refractivity contribution in [2.45, 2.75) is 11.3 Å². The first kappa shape index (κ1) is 17.7. The first-order valence-electron chi connectivity index (χ1n) is 7.39. The lowest BCUT2D eigenvalue weighted by molar-refractivity contribution is -0.137. The molecule has 25 heavy (non-hydrogen) atoms. The maximum Gasteiger partial charge on any atom is 0.416 e. The zero-order valence-corrected chi connectivity index (χ0v) is 13.8. The van der Waals surface area contributed by atoms with Crippen LogP contribution >= 0.6 is 11.8 Å². The summed E-state index contributed by atoms with van der Waals surface area (Å²) in [6.45, 7) is 2.05.